The van der Waals surface area contributed by atoms with Crippen LogP contribution in [0, 0.1) is 11.6 Å². The minimum atomic E-state index is -0.607. The maximum atomic E-state index is 13.8. The number of hydrogen-bond donors (Lipinski definition) is 2. The molecule has 0 spiro atoms. The number of anilines is 1. The zero-order valence-corrected chi connectivity index (χ0v) is 14.1. The predicted molar refractivity (Wildman–Crippen MR) is 90.6 cm³/mol. The van der Waals surface area contributed by atoms with Crippen LogP contribution in [0.5, 0.6) is 0 Å². The van der Waals surface area contributed by atoms with E-state index in [-0.39, 0.29) is 11.9 Å². The fourth-order valence-electron chi connectivity index (χ4n) is 2.57. The van der Waals surface area contributed by atoms with E-state index in [0.717, 1.165) is 18.2 Å². The Bertz CT molecular complexity index is 701. The molecule has 0 fully saturated rings. The van der Waals surface area contributed by atoms with Gasteiger partial charge in [-0.3, -0.25) is 4.79 Å². The van der Waals surface area contributed by atoms with Gasteiger partial charge < -0.3 is 10.6 Å². The summed E-state index contributed by atoms with van der Waals surface area (Å²) in [4.78, 5) is 12.3. The Balaban J connectivity index is 1.97. The molecule has 0 aliphatic carbocycles. The van der Waals surface area contributed by atoms with Crippen LogP contribution in [0.1, 0.15) is 37.9 Å². The molecule has 0 heterocycles. The molecule has 0 unspecified atom stereocenters. The minimum absolute atomic E-state index is 0.159. The Morgan fingerprint density at radius 2 is 1.79 bits per heavy atom. The van der Waals surface area contributed by atoms with Crippen molar-refractivity contribution >= 4 is 11.6 Å². The summed E-state index contributed by atoms with van der Waals surface area (Å²) in [5.74, 6) is -1.36. The second-order valence-electron chi connectivity index (χ2n) is 5.98. The lowest BCUT2D eigenvalue weighted by Gasteiger charge is -2.17. The molecule has 5 heteroatoms. The van der Waals surface area contributed by atoms with Gasteiger partial charge in [0.15, 0.2) is 6.04 Å². The van der Waals surface area contributed by atoms with Gasteiger partial charge in [0.2, 0.25) is 0 Å². The first-order chi connectivity index (χ1) is 11.4. The largest absolute Gasteiger partial charge is 0.330 e. The lowest BCUT2D eigenvalue weighted by atomic mass is 10.1. The minimum Gasteiger partial charge on any atom is -0.330 e. The zero-order chi connectivity index (χ0) is 17.7. The van der Waals surface area contributed by atoms with Gasteiger partial charge in [-0.25, -0.2) is 8.78 Å². The molecule has 2 rings (SSSR count). The molecule has 2 atom stereocenters. The highest BCUT2D eigenvalue weighted by atomic mass is 19.1. The number of carbonyl (C=O) groups excluding carboxylic acids is 1. The van der Waals surface area contributed by atoms with Crippen molar-refractivity contribution in [1.82, 2.24) is 0 Å². The molecule has 0 aliphatic heterocycles. The predicted octanol–water partition coefficient (Wildman–Crippen LogP) is 3.18. The summed E-state index contributed by atoms with van der Waals surface area (Å²) in [5.41, 5.74) is 2.31. The standard InChI is InChI=1S/C19H22F2N2O/c1-4-14-5-8-16(9-6-14)23-19(24)13(3)22-12(2)17-10-7-15(20)11-18(17)21/h5-13,22H,4H2,1-3H3,(H,23,24)/p+1/t12-,13-/m1/s1. The Kier molecular flexibility index (Phi) is 6.04. The van der Waals surface area contributed by atoms with Crippen LogP contribution in [0.4, 0.5) is 14.5 Å². The average molecular weight is 333 g/mol. The van der Waals surface area contributed by atoms with E-state index in [1.54, 1.807) is 19.2 Å². The molecule has 0 saturated heterocycles. The van der Waals surface area contributed by atoms with E-state index in [1.807, 2.05) is 24.3 Å². The van der Waals surface area contributed by atoms with E-state index in [4.69, 9.17) is 0 Å². The molecule has 0 aliphatic rings. The normalized spacial score (nSPS) is 13.4. The van der Waals surface area contributed by atoms with Crippen molar-refractivity contribution in [1.29, 1.82) is 0 Å². The van der Waals surface area contributed by atoms with Crippen LogP contribution < -0.4 is 10.6 Å². The highest BCUT2D eigenvalue weighted by Gasteiger charge is 2.22. The van der Waals surface area contributed by atoms with Gasteiger partial charge in [0.25, 0.3) is 5.91 Å². The molecule has 0 saturated carbocycles. The van der Waals surface area contributed by atoms with Gasteiger partial charge in [0, 0.05) is 17.3 Å². The van der Waals surface area contributed by atoms with Gasteiger partial charge in [0.05, 0.1) is 0 Å². The third kappa shape index (κ3) is 4.61. The molecule has 0 bridgehead atoms. The SMILES string of the molecule is CCc1ccc(NC(=O)[C@@H](C)[NH2+][C@H](C)c2ccc(F)cc2F)cc1. The molecule has 0 aromatic heterocycles. The van der Waals surface area contributed by atoms with Crippen LogP contribution in [0.2, 0.25) is 0 Å². The monoisotopic (exact) mass is 333 g/mol. The summed E-state index contributed by atoms with van der Waals surface area (Å²) in [7, 11) is 0. The number of hydrogen-bond acceptors (Lipinski definition) is 1. The van der Waals surface area contributed by atoms with Gasteiger partial charge in [-0.15, -0.1) is 0 Å². The summed E-state index contributed by atoms with van der Waals surface area (Å²) in [6.07, 6.45) is 0.944. The fourth-order valence-corrected chi connectivity index (χ4v) is 2.57. The van der Waals surface area contributed by atoms with Crippen LogP contribution in [0.15, 0.2) is 42.5 Å². The first kappa shape index (κ1) is 18.1. The Morgan fingerprint density at radius 3 is 2.38 bits per heavy atom. The average Bonchev–Trinajstić information content (AvgIpc) is 2.55. The summed E-state index contributed by atoms with van der Waals surface area (Å²) in [5, 5.41) is 4.61. The summed E-state index contributed by atoms with van der Waals surface area (Å²) in [6, 6.07) is 10.5. The molecule has 3 nitrogen and oxygen atoms in total. The molecular formula is C19H23F2N2O+. The number of halogens is 2. The van der Waals surface area contributed by atoms with Crippen molar-refractivity contribution in [3.8, 4) is 0 Å². The van der Waals surface area contributed by atoms with E-state index in [1.165, 1.54) is 17.7 Å². The molecule has 3 N–H and O–H groups in total. The first-order valence-corrected chi connectivity index (χ1v) is 8.10. The van der Waals surface area contributed by atoms with Crippen LogP contribution >= 0.6 is 0 Å². The molecule has 2 aromatic rings. The van der Waals surface area contributed by atoms with E-state index in [2.05, 4.69) is 12.2 Å². The Hall–Kier alpha value is -2.27. The van der Waals surface area contributed by atoms with Crippen molar-refractivity contribution < 1.29 is 18.9 Å². The number of quaternary nitrogens is 1. The van der Waals surface area contributed by atoms with Gasteiger partial charge in [-0.05, 0) is 50.1 Å². The van der Waals surface area contributed by atoms with Gasteiger partial charge in [0.1, 0.15) is 17.7 Å². The third-order valence-electron chi connectivity index (χ3n) is 4.07. The Morgan fingerprint density at radius 1 is 1.12 bits per heavy atom. The number of benzene rings is 2. The quantitative estimate of drug-likeness (QED) is 0.838. The fraction of sp³-hybridized carbons (Fsp3) is 0.316. The summed E-state index contributed by atoms with van der Waals surface area (Å²) in [6.45, 7) is 5.62. The number of aryl methyl sites for hydroxylation is 1. The molecule has 128 valence electrons. The van der Waals surface area contributed by atoms with E-state index in [0.29, 0.717) is 5.56 Å². The van der Waals surface area contributed by atoms with Crippen molar-refractivity contribution in [3.05, 3.63) is 65.2 Å². The number of carbonyl (C=O) groups is 1. The Labute approximate surface area is 141 Å². The maximum Gasteiger partial charge on any atom is 0.282 e. The van der Waals surface area contributed by atoms with Crippen LogP contribution in [-0.4, -0.2) is 11.9 Å². The lowest BCUT2D eigenvalue weighted by molar-refractivity contribution is -0.710. The van der Waals surface area contributed by atoms with Crippen molar-refractivity contribution in [2.45, 2.75) is 39.3 Å². The molecular weight excluding hydrogens is 310 g/mol. The van der Waals surface area contributed by atoms with Crippen LogP contribution in [0.25, 0.3) is 0 Å². The molecule has 24 heavy (non-hydrogen) atoms. The van der Waals surface area contributed by atoms with Gasteiger partial charge >= 0.3 is 0 Å². The van der Waals surface area contributed by atoms with Gasteiger partial charge in [-0.1, -0.05) is 19.1 Å². The number of nitrogens with two attached hydrogens (primary N) is 1. The molecule has 2 aromatic carbocycles. The van der Waals surface area contributed by atoms with E-state index in [9.17, 15) is 13.6 Å². The second-order valence-corrected chi connectivity index (χ2v) is 5.98. The molecule has 0 radical (unpaired) electrons. The summed E-state index contributed by atoms with van der Waals surface area (Å²) < 4.78 is 26.8. The zero-order valence-electron chi connectivity index (χ0n) is 14.1. The smallest absolute Gasteiger partial charge is 0.282 e. The topological polar surface area (TPSA) is 45.7 Å². The highest BCUT2D eigenvalue weighted by molar-refractivity contribution is 5.93. The highest BCUT2D eigenvalue weighted by Crippen LogP contribution is 2.15. The number of nitrogens with one attached hydrogen (secondary N) is 1. The van der Waals surface area contributed by atoms with Crippen molar-refractivity contribution in [3.63, 3.8) is 0 Å². The first-order valence-electron chi connectivity index (χ1n) is 8.10. The van der Waals surface area contributed by atoms with Crippen LogP contribution in [-0.2, 0) is 11.2 Å². The number of rotatable bonds is 6. The van der Waals surface area contributed by atoms with E-state index >= 15 is 0 Å². The maximum absolute atomic E-state index is 13.8. The summed E-state index contributed by atoms with van der Waals surface area (Å²) >= 11 is 0. The van der Waals surface area contributed by atoms with Crippen molar-refractivity contribution in [2.24, 2.45) is 0 Å². The van der Waals surface area contributed by atoms with E-state index < -0.39 is 17.7 Å². The second kappa shape index (κ2) is 8.02. The van der Waals surface area contributed by atoms with Crippen LogP contribution in [0.3, 0.4) is 0 Å². The lowest BCUT2D eigenvalue weighted by Crippen LogP contribution is -2.91. The third-order valence-corrected chi connectivity index (χ3v) is 4.07. The van der Waals surface area contributed by atoms with Gasteiger partial charge in [-0.2, -0.15) is 0 Å². The molecule has 1 amide bonds. The number of amides is 1. The van der Waals surface area contributed by atoms with Crippen molar-refractivity contribution in [2.75, 3.05) is 5.32 Å².